The average Bonchev–Trinajstić information content (AvgIpc) is 2.20. The molecule has 1 aromatic heterocycles. The predicted octanol–water partition coefficient (Wildman–Crippen LogP) is 1.15. The van der Waals surface area contributed by atoms with Crippen LogP contribution in [-0.4, -0.2) is 28.8 Å². The van der Waals surface area contributed by atoms with Crippen molar-refractivity contribution in [3.8, 4) is 0 Å². The van der Waals surface area contributed by atoms with Crippen LogP contribution in [-0.2, 0) is 9.53 Å². The van der Waals surface area contributed by atoms with Gasteiger partial charge in [0.1, 0.15) is 11.4 Å². The number of methoxy groups -OCH3 is 1. The van der Waals surface area contributed by atoms with Gasteiger partial charge in [0, 0.05) is 0 Å². The first-order valence-corrected chi connectivity index (χ1v) is 4.62. The summed E-state index contributed by atoms with van der Waals surface area (Å²) in [6.07, 6.45) is 0. The Labute approximate surface area is 88.9 Å². The number of hydrogen-bond donors (Lipinski definition) is 1. The van der Waals surface area contributed by atoms with Crippen molar-refractivity contribution in [1.82, 2.24) is 10.2 Å². The van der Waals surface area contributed by atoms with Gasteiger partial charge in [-0.3, -0.25) is 0 Å². The van der Waals surface area contributed by atoms with Crippen LogP contribution >= 0.6 is 0 Å². The van der Waals surface area contributed by atoms with Gasteiger partial charge in [-0.1, -0.05) is 0 Å². The van der Waals surface area contributed by atoms with Crippen molar-refractivity contribution < 1.29 is 9.53 Å². The van der Waals surface area contributed by atoms with E-state index in [-0.39, 0.29) is 5.97 Å². The minimum Gasteiger partial charge on any atom is -0.467 e. The van der Waals surface area contributed by atoms with E-state index in [0.29, 0.717) is 5.82 Å². The Hall–Kier alpha value is -1.65. The lowest BCUT2D eigenvalue weighted by Crippen LogP contribution is -2.41. The minimum atomic E-state index is -0.807. The molecule has 0 amide bonds. The highest BCUT2D eigenvalue weighted by Gasteiger charge is 2.28. The molecule has 0 aliphatic rings. The second-order valence-electron chi connectivity index (χ2n) is 3.80. The average molecular weight is 209 g/mol. The standard InChI is InChI=1S/C10H15N3O2/c1-7-5-6-8(13-12-7)11-10(2,3)9(14)15-4/h5-6H,1-4H3,(H,11,13). The SMILES string of the molecule is COC(=O)C(C)(C)Nc1ccc(C)nn1. The van der Waals surface area contributed by atoms with Gasteiger partial charge in [-0.2, -0.15) is 5.10 Å². The van der Waals surface area contributed by atoms with Gasteiger partial charge in [0.15, 0.2) is 0 Å². The molecule has 0 saturated heterocycles. The Morgan fingerprint density at radius 2 is 2.07 bits per heavy atom. The zero-order valence-corrected chi connectivity index (χ0v) is 9.37. The topological polar surface area (TPSA) is 64.1 Å². The fourth-order valence-electron chi connectivity index (χ4n) is 1.09. The van der Waals surface area contributed by atoms with Crippen LogP contribution in [0.3, 0.4) is 0 Å². The van der Waals surface area contributed by atoms with Gasteiger partial charge in [0.2, 0.25) is 0 Å². The highest BCUT2D eigenvalue weighted by molar-refractivity contribution is 5.82. The number of hydrogen-bond acceptors (Lipinski definition) is 5. The lowest BCUT2D eigenvalue weighted by atomic mass is 10.1. The summed E-state index contributed by atoms with van der Waals surface area (Å²) in [4.78, 5) is 11.4. The first-order chi connectivity index (χ1) is 6.95. The molecule has 82 valence electrons. The summed E-state index contributed by atoms with van der Waals surface area (Å²) in [7, 11) is 1.35. The van der Waals surface area contributed by atoms with E-state index in [4.69, 9.17) is 0 Å². The molecule has 0 radical (unpaired) electrons. The molecule has 0 aliphatic heterocycles. The summed E-state index contributed by atoms with van der Waals surface area (Å²) in [6, 6.07) is 3.59. The normalized spacial score (nSPS) is 10.9. The van der Waals surface area contributed by atoms with Crippen LogP contribution in [0.5, 0.6) is 0 Å². The quantitative estimate of drug-likeness (QED) is 0.756. The number of nitrogens with one attached hydrogen (secondary N) is 1. The summed E-state index contributed by atoms with van der Waals surface area (Å²) in [5.41, 5.74) is 0.0232. The molecule has 1 aromatic rings. The van der Waals surface area contributed by atoms with Crippen molar-refractivity contribution in [2.24, 2.45) is 0 Å². The molecule has 0 spiro atoms. The van der Waals surface area contributed by atoms with E-state index in [1.807, 2.05) is 13.0 Å². The van der Waals surface area contributed by atoms with Crippen LogP contribution in [0.15, 0.2) is 12.1 Å². The fourth-order valence-corrected chi connectivity index (χ4v) is 1.09. The van der Waals surface area contributed by atoms with Gasteiger partial charge in [0.25, 0.3) is 0 Å². The number of ether oxygens (including phenoxy) is 1. The second-order valence-corrected chi connectivity index (χ2v) is 3.80. The molecule has 0 aliphatic carbocycles. The predicted molar refractivity (Wildman–Crippen MR) is 56.5 cm³/mol. The molecule has 5 heteroatoms. The molecule has 0 unspecified atom stereocenters. The van der Waals surface area contributed by atoms with Crippen molar-refractivity contribution in [2.75, 3.05) is 12.4 Å². The first-order valence-electron chi connectivity index (χ1n) is 4.62. The lowest BCUT2D eigenvalue weighted by Gasteiger charge is -2.23. The van der Waals surface area contributed by atoms with Crippen LogP contribution in [0, 0.1) is 6.92 Å². The van der Waals surface area contributed by atoms with Crippen molar-refractivity contribution in [2.45, 2.75) is 26.3 Å². The number of carbonyl (C=O) groups is 1. The third kappa shape index (κ3) is 2.90. The summed E-state index contributed by atoms with van der Waals surface area (Å²) in [5, 5.41) is 10.7. The molecule has 1 heterocycles. The van der Waals surface area contributed by atoms with Gasteiger partial charge >= 0.3 is 5.97 Å². The zero-order valence-electron chi connectivity index (χ0n) is 9.37. The number of carbonyl (C=O) groups excluding carboxylic acids is 1. The van der Waals surface area contributed by atoms with E-state index in [1.165, 1.54) is 7.11 Å². The Morgan fingerprint density at radius 1 is 1.40 bits per heavy atom. The highest BCUT2D eigenvalue weighted by Crippen LogP contribution is 2.13. The van der Waals surface area contributed by atoms with Crippen LogP contribution in [0.2, 0.25) is 0 Å². The lowest BCUT2D eigenvalue weighted by molar-refractivity contribution is -0.144. The third-order valence-electron chi connectivity index (χ3n) is 1.93. The van der Waals surface area contributed by atoms with E-state index in [9.17, 15) is 4.79 Å². The number of aromatic nitrogens is 2. The Morgan fingerprint density at radius 3 is 2.53 bits per heavy atom. The largest absolute Gasteiger partial charge is 0.467 e. The van der Waals surface area contributed by atoms with Crippen molar-refractivity contribution in [3.05, 3.63) is 17.8 Å². The number of rotatable bonds is 3. The van der Waals surface area contributed by atoms with Crippen LogP contribution in [0.1, 0.15) is 19.5 Å². The molecule has 1 rings (SSSR count). The molecule has 0 aromatic carbocycles. The van der Waals surface area contributed by atoms with Crippen LogP contribution in [0.25, 0.3) is 0 Å². The van der Waals surface area contributed by atoms with Gasteiger partial charge in [-0.05, 0) is 32.9 Å². The third-order valence-corrected chi connectivity index (χ3v) is 1.93. The van der Waals surface area contributed by atoms with E-state index in [1.54, 1.807) is 19.9 Å². The van der Waals surface area contributed by atoms with Gasteiger partial charge < -0.3 is 10.1 Å². The maximum absolute atomic E-state index is 11.4. The molecule has 0 bridgehead atoms. The molecule has 0 fully saturated rings. The molecule has 0 saturated carbocycles. The fraction of sp³-hybridized carbons (Fsp3) is 0.500. The summed E-state index contributed by atoms with van der Waals surface area (Å²) < 4.78 is 4.66. The number of aryl methyl sites for hydroxylation is 1. The minimum absolute atomic E-state index is 0.343. The maximum Gasteiger partial charge on any atom is 0.330 e. The summed E-state index contributed by atoms with van der Waals surface area (Å²) in [5.74, 6) is 0.209. The number of esters is 1. The van der Waals surface area contributed by atoms with Crippen LogP contribution < -0.4 is 5.32 Å². The van der Waals surface area contributed by atoms with E-state index < -0.39 is 5.54 Å². The van der Waals surface area contributed by atoms with E-state index in [0.717, 1.165) is 5.69 Å². The van der Waals surface area contributed by atoms with Crippen LogP contribution in [0.4, 0.5) is 5.82 Å². The second kappa shape index (κ2) is 4.25. The molecular weight excluding hydrogens is 194 g/mol. The maximum atomic E-state index is 11.4. The Bertz CT molecular complexity index is 346. The Balaban J connectivity index is 2.77. The van der Waals surface area contributed by atoms with Gasteiger partial charge in [-0.15, -0.1) is 5.10 Å². The molecule has 5 nitrogen and oxygen atoms in total. The van der Waals surface area contributed by atoms with Crippen molar-refractivity contribution in [3.63, 3.8) is 0 Å². The number of anilines is 1. The zero-order chi connectivity index (χ0) is 11.5. The number of nitrogens with zero attached hydrogens (tertiary/aromatic N) is 2. The molecule has 15 heavy (non-hydrogen) atoms. The molecule has 0 atom stereocenters. The van der Waals surface area contributed by atoms with E-state index in [2.05, 4.69) is 20.3 Å². The molecule has 1 N–H and O–H groups in total. The highest BCUT2D eigenvalue weighted by atomic mass is 16.5. The Kier molecular flexibility index (Phi) is 3.24. The summed E-state index contributed by atoms with van der Waals surface area (Å²) in [6.45, 7) is 5.29. The smallest absolute Gasteiger partial charge is 0.330 e. The van der Waals surface area contributed by atoms with Crippen molar-refractivity contribution >= 4 is 11.8 Å². The van der Waals surface area contributed by atoms with Gasteiger partial charge in [-0.25, -0.2) is 4.79 Å². The monoisotopic (exact) mass is 209 g/mol. The van der Waals surface area contributed by atoms with Gasteiger partial charge in [0.05, 0.1) is 12.8 Å². The summed E-state index contributed by atoms with van der Waals surface area (Å²) >= 11 is 0. The van der Waals surface area contributed by atoms with E-state index >= 15 is 0 Å². The first kappa shape index (κ1) is 11.4. The van der Waals surface area contributed by atoms with Crippen molar-refractivity contribution in [1.29, 1.82) is 0 Å². The molecular formula is C10H15N3O2.